The van der Waals surface area contributed by atoms with Crippen molar-refractivity contribution in [3.05, 3.63) is 29.3 Å². The van der Waals surface area contributed by atoms with Crippen LogP contribution in [0.1, 0.15) is 37.3 Å². The first-order valence-corrected chi connectivity index (χ1v) is 6.15. The molecule has 92 valence electrons. The molecular formula is C14H18O3. The van der Waals surface area contributed by atoms with Gasteiger partial charge in [0.25, 0.3) is 0 Å². The molecular weight excluding hydrogens is 216 g/mol. The van der Waals surface area contributed by atoms with E-state index in [1.165, 1.54) is 24.0 Å². The van der Waals surface area contributed by atoms with Gasteiger partial charge in [-0.1, -0.05) is 6.07 Å². The molecule has 1 aromatic carbocycles. The Hall–Kier alpha value is -1.51. The largest absolute Gasteiger partial charge is 0.490 e. The molecule has 0 aliphatic heterocycles. The molecule has 1 aromatic rings. The van der Waals surface area contributed by atoms with Gasteiger partial charge in [-0.2, -0.15) is 0 Å². The van der Waals surface area contributed by atoms with Gasteiger partial charge in [0, 0.05) is 0 Å². The Morgan fingerprint density at radius 2 is 2.06 bits per heavy atom. The Morgan fingerprint density at radius 3 is 2.76 bits per heavy atom. The Labute approximate surface area is 101 Å². The number of carbonyl (C=O) groups is 1. The molecule has 0 radical (unpaired) electrons. The summed E-state index contributed by atoms with van der Waals surface area (Å²) in [6.07, 6.45) is 4.52. The van der Waals surface area contributed by atoms with Crippen molar-refractivity contribution in [2.75, 3.05) is 0 Å². The van der Waals surface area contributed by atoms with Crippen molar-refractivity contribution in [1.29, 1.82) is 0 Å². The van der Waals surface area contributed by atoms with Crippen LogP contribution in [0.5, 0.6) is 5.75 Å². The first-order valence-electron chi connectivity index (χ1n) is 6.15. The van der Waals surface area contributed by atoms with Crippen LogP contribution in [-0.4, -0.2) is 17.2 Å². The fraction of sp³-hybridized carbons (Fsp3) is 0.500. The zero-order valence-electron chi connectivity index (χ0n) is 10.1. The summed E-state index contributed by atoms with van der Waals surface area (Å²) in [5, 5.41) is 8.67. The molecule has 0 fully saturated rings. The highest BCUT2D eigenvalue weighted by molar-refractivity contribution is 5.67. The molecule has 0 unspecified atom stereocenters. The topological polar surface area (TPSA) is 46.5 Å². The second-order valence-corrected chi connectivity index (χ2v) is 4.66. The van der Waals surface area contributed by atoms with Gasteiger partial charge in [-0.3, -0.25) is 4.79 Å². The van der Waals surface area contributed by atoms with Crippen LogP contribution in [0, 0.1) is 0 Å². The summed E-state index contributed by atoms with van der Waals surface area (Å²) in [4.78, 5) is 10.6. The van der Waals surface area contributed by atoms with Crippen molar-refractivity contribution in [2.24, 2.45) is 0 Å². The zero-order chi connectivity index (χ0) is 12.3. The van der Waals surface area contributed by atoms with Crippen LogP contribution in [0.25, 0.3) is 0 Å². The second kappa shape index (κ2) is 5.21. The minimum absolute atomic E-state index is 0.0388. The van der Waals surface area contributed by atoms with E-state index in [9.17, 15) is 4.79 Å². The lowest BCUT2D eigenvalue weighted by Crippen LogP contribution is -2.17. The van der Waals surface area contributed by atoms with Gasteiger partial charge in [0.05, 0.1) is 6.42 Å². The maximum Gasteiger partial charge on any atom is 0.307 e. The third-order valence-corrected chi connectivity index (χ3v) is 3.12. The highest BCUT2D eigenvalue weighted by Gasteiger charge is 2.12. The summed E-state index contributed by atoms with van der Waals surface area (Å²) in [5.41, 5.74) is 2.77. The molecule has 1 atom stereocenters. The summed E-state index contributed by atoms with van der Waals surface area (Å²) in [7, 11) is 0. The van der Waals surface area contributed by atoms with E-state index in [1.54, 1.807) is 6.92 Å². The molecule has 0 spiro atoms. The number of rotatable bonds is 4. The van der Waals surface area contributed by atoms with Crippen molar-refractivity contribution in [1.82, 2.24) is 0 Å². The van der Waals surface area contributed by atoms with E-state index in [0.717, 1.165) is 18.6 Å². The Balaban J connectivity index is 2.04. The summed E-state index contributed by atoms with van der Waals surface area (Å²) < 4.78 is 5.61. The molecule has 2 rings (SSSR count). The van der Waals surface area contributed by atoms with E-state index in [-0.39, 0.29) is 12.5 Å². The molecule has 0 bridgehead atoms. The van der Waals surface area contributed by atoms with Crippen LogP contribution in [-0.2, 0) is 17.6 Å². The molecule has 1 aliphatic rings. The average molecular weight is 234 g/mol. The van der Waals surface area contributed by atoms with Gasteiger partial charge < -0.3 is 9.84 Å². The predicted octanol–water partition coefficient (Wildman–Crippen LogP) is 2.81. The van der Waals surface area contributed by atoms with Gasteiger partial charge in [-0.15, -0.1) is 0 Å². The van der Waals surface area contributed by atoms with Gasteiger partial charge in [0.15, 0.2) is 0 Å². The number of ether oxygens (including phenoxy) is 1. The molecule has 3 nitrogen and oxygen atoms in total. The van der Waals surface area contributed by atoms with E-state index >= 15 is 0 Å². The van der Waals surface area contributed by atoms with Crippen LogP contribution < -0.4 is 4.74 Å². The van der Waals surface area contributed by atoms with Crippen LogP contribution in [0.2, 0.25) is 0 Å². The maximum atomic E-state index is 10.6. The van der Waals surface area contributed by atoms with Gasteiger partial charge in [0.1, 0.15) is 11.9 Å². The third kappa shape index (κ3) is 3.22. The first kappa shape index (κ1) is 12.0. The number of benzene rings is 1. The quantitative estimate of drug-likeness (QED) is 0.871. The standard InChI is InChI=1S/C14H18O3/c1-10(8-14(15)16)17-13-7-6-11-4-2-3-5-12(11)9-13/h6-7,9-10H,2-5,8H2,1H3,(H,15,16)/t10-/m0/s1. The molecule has 1 aliphatic carbocycles. The Morgan fingerprint density at radius 1 is 1.35 bits per heavy atom. The van der Waals surface area contributed by atoms with Gasteiger partial charge in [0.2, 0.25) is 0 Å². The van der Waals surface area contributed by atoms with E-state index in [1.807, 2.05) is 6.07 Å². The number of aryl methyl sites for hydroxylation is 2. The molecule has 0 aromatic heterocycles. The number of hydrogen-bond acceptors (Lipinski definition) is 2. The summed E-state index contributed by atoms with van der Waals surface area (Å²) in [6, 6.07) is 6.12. The number of fused-ring (bicyclic) bond motifs is 1. The number of aliphatic carboxylic acids is 1. The first-order chi connectivity index (χ1) is 8.15. The predicted molar refractivity (Wildman–Crippen MR) is 65.4 cm³/mol. The minimum Gasteiger partial charge on any atom is -0.490 e. The molecule has 0 saturated heterocycles. The van der Waals surface area contributed by atoms with E-state index in [4.69, 9.17) is 9.84 Å². The molecule has 17 heavy (non-hydrogen) atoms. The fourth-order valence-electron chi connectivity index (χ4n) is 2.30. The lowest BCUT2D eigenvalue weighted by Gasteiger charge is -2.18. The smallest absolute Gasteiger partial charge is 0.307 e. The monoisotopic (exact) mass is 234 g/mol. The lowest BCUT2D eigenvalue weighted by atomic mass is 9.92. The SMILES string of the molecule is C[C@@H](CC(=O)O)Oc1ccc2c(c1)CCCC2. The molecule has 1 N–H and O–H groups in total. The second-order valence-electron chi connectivity index (χ2n) is 4.66. The van der Waals surface area contributed by atoms with E-state index < -0.39 is 5.97 Å². The van der Waals surface area contributed by atoms with Crippen LogP contribution >= 0.6 is 0 Å². The normalized spacial score (nSPS) is 16.1. The highest BCUT2D eigenvalue weighted by atomic mass is 16.5. The lowest BCUT2D eigenvalue weighted by molar-refractivity contribution is -0.138. The molecule has 0 saturated carbocycles. The van der Waals surface area contributed by atoms with Crippen molar-refractivity contribution in [3.8, 4) is 5.75 Å². The average Bonchev–Trinajstić information content (AvgIpc) is 2.27. The van der Waals surface area contributed by atoms with Gasteiger partial charge >= 0.3 is 5.97 Å². The van der Waals surface area contributed by atoms with Crippen LogP contribution in [0.3, 0.4) is 0 Å². The van der Waals surface area contributed by atoms with Crippen molar-refractivity contribution < 1.29 is 14.6 Å². The molecule has 0 heterocycles. The van der Waals surface area contributed by atoms with Crippen LogP contribution in [0.4, 0.5) is 0 Å². The molecule has 3 heteroatoms. The number of carboxylic acid groups (broad SMARTS) is 1. The van der Waals surface area contributed by atoms with E-state index in [0.29, 0.717) is 0 Å². The van der Waals surface area contributed by atoms with Gasteiger partial charge in [-0.25, -0.2) is 0 Å². The third-order valence-electron chi connectivity index (χ3n) is 3.12. The molecule has 0 amide bonds. The minimum atomic E-state index is -0.824. The van der Waals surface area contributed by atoms with Crippen molar-refractivity contribution in [3.63, 3.8) is 0 Å². The van der Waals surface area contributed by atoms with Crippen molar-refractivity contribution in [2.45, 2.75) is 45.1 Å². The Kier molecular flexibility index (Phi) is 3.67. The maximum absolute atomic E-state index is 10.6. The highest BCUT2D eigenvalue weighted by Crippen LogP contribution is 2.26. The van der Waals surface area contributed by atoms with Gasteiger partial charge in [-0.05, 0) is 55.9 Å². The zero-order valence-corrected chi connectivity index (χ0v) is 10.1. The van der Waals surface area contributed by atoms with E-state index in [2.05, 4.69) is 12.1 Å². The van der Waals surface area contributed by atoms with Crippen molar-refractivity contribution >= 4 is 5.97 Å². The summed E-state index contributed by atoms with van der Waals surface area (Å²) in [5.74, 6) is -0.0325. The van der Waals surface area contributed by atoms with Crippen LogP contribution in [0.15, 0.2) is 18.2 Å². The number of hydrogen-bond donors (Lipinski definition) is 1. The fourth-order valence-corrected chi connectivity index (χ4v) is 2.30. The Bertz CT molecular complexity index is 412. The summed E-state index contributed by atoms with van der Waals surface area (Å²) >= 11 is 0. The number of carboxylic acids is 1. The summed E-state index contributed by atoms with van der Waals surface area (Å²) in [6.45, 7) is 1.79.